The summed E-state index contributed by atoms with van der Waals surface area (Å²) in [5.41, 5.74) is 6.00. The summed E-state index contributed by atoms with van der Waals surface area (Å²) in [7, 11) is 0. The lowest BCUT2D eigenvalue weighted by molar-refractivity contribution is 0.182. The Bertz CT molecular complexity index is 327. The van der Waals surface area contributed by atoms with Crippen molar-refractivity contribution in [1.82, 2.24) is 4.90 Å². The highest BCUT2D eigenvalue weighted by Gasteiger charge is 2.22. The first kappa shape index (κ1) is 23.6. The van der Waals surface area contributed by atoms with Crippen LogP contribution >= 0.6 is 0 Å². The number of rotatable bonds is 18. The van der Waals surface area contributed by atoms with Crippen molar-refractivity contribution in [2.45, 2.75) is 135 Å². The molecular formula is C23H47N3. The molecule has 26 heavy (non-hydrogen) atoms. The molecule has 0 aromatic rings. The van der Waals surface area contributed by atoms with Gasteiger partial charge in [0.25, 0.3) is 0 Å². The summed E-state index contributed by atoms with van der Waals surface area (Å²) in [6.45, 7) is 5.29. The molecule has 2 N–H and O–H groups in total. The minimum Gasteiger partial charge on any atom is -0.316 e. The zero-order valence-corrected chi connectivity index (χ0v) is 17.9. The summed E-state index contributed by atoms with van der Waals surface area (Å²) in [4.78, 5) is 6.86. The molecule has 2 atom stereocenters. The zero-order valence-electron chi connectivity index (χ0n) is 17.9. The van der Waals surface area contributed by atoms with Crippen molar-refractivity contribution in [3.05, 3.63) is 0 Å². The normalized spacial score (nSPS) is 18.7. The average molecular weight is 366 g/mol. The van der Waals surface area contributed by atoms with Gasteiger partial charge in [-0.3, -0.25) is 9.89 Å². The molecule has 0 radical (unpaired) electrons. The summed E-state index contributed by atoms with van der Waals surface area (Å²) < 4.78 is 0. The second-order valence-electron chi connectivity index (χ2n) is 8.34. The highest BCUT2D eigenvalue weighted by Crippen LogP contribution is 2.18. The lowest BCUT2D eigenvalue weighted by atomic mass is 10.0. The van der Waals surface area contributed by atoms with Crippen LogP contribution in [0.1, 0.15) is 123 Å². The molecule has 0 aromatic carbocycles. The number of hydrogen-bond acceptors (Lipinski definition) is 3. The van der Waals surface area contributed by atoms with Crippen molar-refractivity contribution < 1.29 is 0 Å². The molecule has 154 valence electrons. The number of hydrogen-bond donors (Lipinski definition) is 1. The molecule has 0 saturated heterocycles. The van der Waals surface area contributed by atoms with Crippen LogP contribution in [0.25, 0.3) is 0 Å². The molecule has 0 fully saturated rings. The second kappa shape index (κ2) is 16.7. The number of nitrogens with zero attached hydrogens (tertiary/aromatic N) is 2. The van der Waals surface area contributed by atoms with Crippen molar-refractivity contribution in [2.75, 3.05) is 6.54 Å². The van der Waals surface area contributed by atoms with Crippen LogP contribution in [0.2, 0.25) is 0 Å². The standard InChI is InChI=1S/C23H47N3/c1-3-4-5-6-7-8-9-10-11-12-13-14-15-16-17-18-19-23-25-20-21-26(23)22(2)24/h20,22-23H,3-19,21,24H2,1-2H3. The van der Waals surface area contributed by atoms with E-state index in [1.54, 1.807) is 0 Å². The van der Waals surface area contributed by atoms with Gasteiger partial charge < -0.3 is 5.73 Å². The fourth-order valence-corrected chi connectivity index (χ4v) is 4.02. The van der Waals surface area contributed by atoms with Crippen LogP contribution in [0.5, 0.6) is 0 Å². The smallest absolute Gasteiger partial charge is 0.103 e. The molecule has 1 aliphatic rings. The largest absolute Gasteiger partial charge is 0.316 e. The quantitative estimate of drug-likeness (QED) is 0.276. The predicted octanol–water partition coefficient (Wildman–Crippen LogP) is 6.66. The summed E-state index contributed by atoms with van der Waals surface area (Å²) in [5.74, 6) is 0. The van der Waals surface area contributed by atoms with Crippen LogP contribution in [0, 0.1) is 0 Å². The van der Waals surface area contributed by atoms with E-state index < -0.39 is 0 Å². The fourth-order valence-electron chi connectivity index (χ4n) is 4.02. The van der Waals surface area contributed by atoms with Gasteiger partial charge in [-0.05, 0) is 19.8 Å². The van der Waals surface area contributed by atoms with Crippen LogP contribution in [0.4, 0.5) is 0 Å². The Morgan fingerprint density at radius 3 is 1.65 bits per heavy atom. The van der Waals surface area contributed by atoms with Crippen molar-refractivity contribution in [2.24, 2.45) is 10.7 Å². The number of unbranched alkanes of at least 4 members (excludes halogenated alkanes) is 15. The Hall–Kier alpha value is -0.410. The van der Waals surface area contributed by atoms with Gasteiger partial charge in [-0.15, -0.1) is 0 Å². The van der Waals surface area contributed by atoms with Crippen LogP contribution in [-0.2, 0) is 0 Å². The van der Waals surface area contributed by atoms with Gasteiger partial charge >= 0.3 is 0 Å². The molecular weight excluding hydrogens is 318 g/mol. The van der Waals surface area contributed by atoms with Gasteiger partial charge in [-0.2, -0.15) is 0 Å². The maximum absolute atomic E-state index is 6.00. The van der Waals surface area contributed by atoms with Gasteiger partial charge in [0.05, 0.1) is 6.17 Å². The Labute approximate surface area is 164 Å². The Kier molecular flexibility index (Phi) is 15.2. The van der Waals surface area contributed by atoms with Crippen molar-refractivity contribution >= 4 is 6.21 Å². The molecule has 2 unspecified atom stereocenters. The molecule has 0 aliphatic carbocycles. The van der Waals surface area contributed by atoms with Crippen LogP contribution in [0.3, 0.4) is 0 Å². The van der Waals surface area contributed by atoms with E-state index in [9.17, 15) is 0 Å². The first-order valence-corrected chi connectivity index (χ1v) is 11.8. The monoisotopic (exact) mass is 365 g/mol. The zero-order chi connectivity index (χ0) is 18.9. The van der Waals surface area contributed by atoms with Crippen molar-refractivity contribution in [3.63, 3.8) is 0 Å². The van der Waals surface area contributed by atoms with Crippen LogP contribution in [-0.4, -0.2) is 30.0 Å². The first-order chi connectivity index (χ1) is 12.8. The summed E-state index contributed by atoms with van der Waals surface area (Å²) >= 11 is 0. The molecule has 3 heteroatoms. The Morgan fingerprint density at radius 2 is 1.23 bits per heavy atom. The molecule has 0 saturated carbocycles. The predicted molar refractivity (Wildman–Crippen MR) is 117 cm³/mol. The third kappa shape index (κ3) is 12.1. The second-order valence-corrected chi connectivity index (χ2v) is 8.34. The third-order valence-electron chi connectivity index (χ3n) is 5.79. The minimum atomic E-state index is 0.128. The van der Waals surface area contributed by atoms with Crippen molar-refractivity contribution in [3.8, 4) is 0 Å². The summed E-state index contributed by atoms with van der Waals surface area (Å²) in [6.07, 6.45) is 26.5. The van der Waals surface area contributed by atoms with Crippen LogP contribution < -0.4 is 5.73 Å². The molecule has 0 spiro atoms. The van der Waals surface area contributed by atoms with Gasteiger partial charge in [0, 0.05) is 12.8 Å². The van der Waals surface area contributed by atoms with Gasteiger partial charge in [0.1, 0.15) is 6.17 Å². The molecule has 3 nitrogen and oxygen atoms in total. The first-order valence-electron chi connectivity index (χ1n) is 11.8. The van der Waals surface area contributed by atoms with Gasteiger partial charge in [-0.25, -0.2) is 0 Å². The van der Waals surface area contributed by atoms with E-state index in [4.69, 9.17) is 5.73 Å². The third-order valence-corrected chi connectivity index (χ3v) is 5.79. The van der Waals surface area contributed by atoms with E-state index in [0.717, 1.165) is 6.54 Å². The van der Waals surface area contributed by atoms with E-state index in [2.05, 4.69) is 23.7 Å². The molecule has 1 aliphatic heterocycles. The van der Waals surface area contributed by atoms with E-state index >= 15 is 0 Å². The van der Waals surface area contributed by atoms with Gasteiger partial charge in [0.15, 0.2) is 0 Å². The molecule has 0 bridgehead atoms. The summed E-state index contributed by atoms with van der Waals surface area (Å²) in [5, 5.41) is 0. The number of aliphatic imine (C=N–C) groups is 1. The molecule has 0 amide bonds. The molecule has 0 aromatic heterocycles. The van der Waals surface area contributed by atoms with E-state index in [-0.39, 0.29) is 6.17 Å². The van der Waals surface area contributed by atoms with Crippen molar-refractivity contribution in [1.29, 1.82) is 0 Å². The Morgan fingerprint density at radius 1 is 0.808 bits per heavy atom. The lowest BCUT2D eigenvalue weighted by Crippen LogP contribution is -2.43. The van der Waals surface area contributed by atoms with E-state index in [0.29, 0.717) is 6.17 Å². The van der Waals surface area contributed by atoms with E-state index in [1.807, 2.05) is 6.21 Å². The average Bonchev–Trinajstić information content (AvgIpc) is 3.10. The lowest BCUT2D eigenvalue weighted by Gasteiger charge is -2.26. The maximum atomic E-state index is 6.00. The van der Waals surface area contributed by atoms with Gasteiger partial charge in [-0.1, -0.05) is 103 Å². The highest BCUT2D eigenvalue weighted by molar-refractivity contribution is 5.62. The summed E-state index contributed by atoms with van der Waals surface area (Å²) in [6, 6.07) is 0. The molecule has 1 rings (SSSR count). The highest BCUT2D eigenvalue weighted by atomic mass is 15.3. The Balaban J connectivity index is 1.75. The topological polar surface area (TPSA) is 41.6 Å². The minimum absolute atomic E-state index is 0.128. The van der Waals surface area contributed by atoms with Gasteiger partial charge in [0.2, 0.25) is 0 Å². The fraction of sp³-hybridized carbons (Fsp3) is 0.957. The SMILES string of the molecule is CCCCCCCCCCCCCCCCCCC1N=CCN1C(C)N. The number of nitrogens with two attached hydrogens (primary N) is 1. The molecule has 1 heterocycles. The van der Waals surface area contributed by atoms with E-state index in [1.165, 1.54) is 109 Å². The maximum Gasteiger partial charge on any atom is 0.103 e. The van der Waals surface area contributed by atoms with Crippen LogP contribution in [0.15, 0.2) is 4.99 Å².